The number of carboxylic acids is 1. The summed E-state index contributed by atoms with van der Waals surface area (Å²) in [5.41, 5.74) is 1.99. The third-order valence-electron chi connectivity index (χ3n) is 4.22. The lowest BCUT2D eigenvalue weighted by Crippen LogP contribution is -2.35. The minimum atomic E-state index is -1.02. The molecule has 0 unspecified atom stereocenters. The molecule has 0 aliphatic carbocycles. The molecule has 25 heavy (non-hydrogen) atoms. The lowest BCUT2D eigenvalue weighted by molar-refractivity contribution is -0.151. The Morgan fingerprint density at radius 1 is 1.32 bits per heavy atom. The van der Waals surface area contributed by atoms with Gasteiger partial charge in [0.2, 0.25) is 5.91 Å². The van der Waals surface area contributed by atoms with Gasteiger partial charge in [-0.15, -0.1) is 0 Å². The Morgan fingerprint density at radius 2 is 2.04 bits per heavy atom. The number of benzene rings is 1. The summed E-state index contributed by atoms with van der Waals surface area (Å²) in [4.78, 5) is 23.1. The van der Waals surface area contributed by atoms with E-state index in [1.165, 1.54) is 0 Å². The van der Waals surface area contributed by atoms with Crippen molar-refractivity contribution in [3.05, 3.63) is 29.3 Å². The quantitative estimate of drug-likeness (QED) is 0.754. The SMILES string of the molecule is Cc1ccc(CNC(=O)[C@@H]2CC[C@H](C(=O)O)O2)c(OCCC(C)C)c1. The van der Waals surface area contributed by atoms with Crippen LogP contribution >= 0.6 is 0 Å². The Kier molecular flexibility index (Phi) is 6.82. The van der Waals surface area contributed by atoms with Gasteiger partial charge in [-0.05, 0) is 43.7 Å². The van der Waals surface area contributed by atoms with Crippen molar-refractivity contribution >= 4 is 11.9 Å². The first kappa shape index (κ1) is 19.2. The van der Waals surface area contributed by atoms with Crippen molar-refractivity contribution in [3.63, 3.8) is 0 Å². The van der Waals surface area contributed by atoms with Crippen molar-refractivity contribution in [2.45, 2.75) is 58.8 Å². The molecule has 1 saturated heterocycles. The van der Waals surface area contributed by atoms with Crippen LogP contribution < -0.4 is 10.1 Å². The Bertz CT molecular complexity index is 614. The highest BCUT2D eigenvalue weighted by Crippen LogP contribution is 2.23. The third-order valence-corrected chi connectivity index (χ3v) is 4.22. The highest BCUT2D eigenvalue weighted by Gasteiger charge is 2.34. The summed E-state index contributed by atoms with van der Waals surface area (Å²) >= 11 is 0. The van der Waals surface area contributed by atoms with Gasteiger partial charge in [0, 0.05) is 12.1 Å². The monoisotopic (exact) mass is 349 g/mol. The zero-order valence-corrected chi connectivity index (χ0v) is 15.1. The van der Waals surface area contributed by atoms with Crippen LogP contribution in [0.3, 0.4) is 0 Å². The molecule has 138 valence electrons. The number of carbonyl (C=O) groups excluding carboxylic acids is 1. The van der Waals surface area contributed by atoms with E-state index in [-0.39, 0.29) is 5.91 Å². The predicted molar refractivity (Wildman–Crippen MR) is 93.5 cm³/mol. The smallest absolute Gasteiger partial charge is 0.332 e. The maximum atomic E-state index is 12.2. The summed E-state index contributed by atoms with van der Waals surface area (Å²) in [5, 5.41) is 11.8. The Hall–Kier alpha value is -2.08. The number of amides is 1. The zero-order chi connectivity index (χ0) is 18.4. The normalized spacial score (nSPS) is 19.8. The minimum Gasteiger partial charge on any atom is -0.493 e. The van der Waals surface area contributed by atoms with E-state index < -0.39 is 18.2 Å². The number of hydrogen-bond donors (Lipinski definition) is 2. The number of carbonyl (C=O) groups is 2. The number of hydrogen-bond acceptors (Lipinski definition) is 4. The second-order valence-corrected chi connectivity index (χ2v) is 6.89. The standard InChI is InChI=1S/C19H27NO5/c1-12(2)8-9-24-17-10-13(3)4-5-14(17)11-20-18(21)15-6-7-16(25-15)19(22)23/h4-5,10,12,15-16H,6-9,11H2,1-3H3,(H,20,21)(H,22,23)/t15-,16+/m0/s1. The molecule has 1 amide bonds. The average Bonchev–Trinajstić information content (AvgIpc) is 3.04. The van der Waals surface area contributed by atoms with Crippen LogP contribution in [-0.4, -0.2) is 35.8 Å². The molecule has 2 atom stereocenters. The molecule has 0 saturated carbocycles. The van der Waals surface area contributed by atoms with Crippen LogP contribution in [0.1, 0.15) is 44.2 Å². The molecule has 1 aromatic carbocycles. The van der Waals surface area contributed by atoms with Crippen LogP contribution in [0.2, 0.25) is 0 Å². The molecule has 1 fully saturated rings. The second kappa shape index (κ2) is 8.85. The van der Waals surface area contributed by atoms with Gasteiger partial charge in [0.05, 0.1) is 6.61 Å². The third kappa shape index (κ3) is 5.74. The maximum Gasteiger partial charge on any atom is 0.332 e. The van der Waals surface area contributed by atoms with E-state index in [0.717, 1.165) is 23.3 Å². The first-order valence-corrected chi connectivity index (χ1v) is 8.75. The van der Waals surface area contributed by atoms with Gasteiger partial charge in [0.1, 0.15) is 11.9 Å². The van der Waals surface area contributed by atoms with Gasteiger partial charge in [0.15, 0.2) is 6.10 Å². The van der Waals surface area contributed by atoms with E-state index in [4.69, 9.17) is 14.6 Å². The van der Waals surface area contributed by atoms with Gasteiger partial charge in [-0.2, -0.15) is 0 Å². The first-order chi connectivity index (χ1) is 11.9. The molecule has 1 aliphatic rings. The molecule has 6 heteroatoms. The lowest BCUT2D eigenvalue weighted by Gasteiger charge is -2.15. The van der Waals surface area contributed by atoms with E-state index in [0.29, 0.717) is 31.9 Å². The molecule has 2 rings (SSSR count). The zero-order valence-electron chi connectivity index (χ0n) is 15.1. The van der Waals surface area contributed by atoms with E-state index in [1.54, 1.807) is 0 Å². The molecule has 6 nitrogen and oxygen atoms in total. The molecule has 0 aromatic heterocycles. The Morgan fingerprint density at radius 3 is 2.68 bits per heavy atom. The Labute approximate surface area is 148 Å². The number of rotatable bonds is 8. The van der Waals surface area contributed by atoms with E-state index >= 15 is 0 Å². The summed E-state index contributed by atoms with van der Waals surface area (Å²) in [5.74, 6) is 0.0403. The number of aryl methyl sites for hydroxylation is 1. The van der Waals surface area contributed by atoms with Crippen LogP contribution in [0.5, 0.6) is 5.75 Å². The van der Waals surface area contributed by atoms with Crippen molar-refractivity contribution in [3.8, 4) is 5.75 Å². The van der Waals surface area contributed by atoms with Gasteiger partial charge in [0.25, 0.3) is 0 Å². The predicted octanol–water partition coefficient (Wildman–Crippen LogP) is 2.67. The van der Waals surface area contributed by atoms with E-state index in [9.17, 15) is 9.59 Å². The maximum absolute atomic E-state index is 12.2. The molecule has 0 bridgehead atoms. The molecular formula is C19H27NO5. The molecule has 1 aromatic rings. The molecule has 0 spiro atoms. The summed E-state index contributed by atoms with van der Waals surface area (Å²) in [6.45, 7) is 7.25. The highest BCUT2D eigenvalue weighted by atomic mass is 16.5. The summed E-state index contributed by atoms with van der Waals surface area (Å²) in [6.07, 6.45) is 0.171. The topological polar surface area (TPSA) is 84.9 Å². The van der Waals surface area contributed by atoms with E-state index in [2.05, 4.69) is 19.2 Å². The van der Waals surface area contributed by atoms with Crippen LogP contribution in [0.25, 0.3) is 0 Å². The minimum absolute atomic E-state index is 0.280. The fraction of sp³-hybridized carbons (Fsp3) is 0.579. The number of ether oxygens (including phenoxy) is 2. The van der Waals surface area contributed by atoms with Gasteiger partial charge in [-0.3, -0.25) is 4.79 Å². The summed E-state index contributed by atoms with van der Waals surface area (Å²) in [6, 6.07) is 5.88. The second-order valence-electron chi connectivity index (χ2n) is 6.89. The number of nitrogens with one attached hydrogen (secondary N) is 1. The number of aliphatic carboxylic acids is 1. The van der Waals surface area contributed by atoms with Crippen LogP contribution in [-0.2, 0) is 20.9 Å². The summed E-state index contributed by atoms with van der Waals surface area (Å²) < 4.78 is 11.1. The molecule has 1 heterocycles. The first-order valence-electron chi connectivity index (χ1n) is 8.75. The van der Waals surface area contributed by atoms with Gasteiger partial charge < -0.3 is 19.9 Å². The van der Waals surface area contributed by atoms with Crippen LogP contribution in [0.4, 0.5) is 0 Å². The summed E-state index contributed by atoms with van der Waals surface area (Å²) in [7, 11) is 0. The van der Waals surface area contributed by atoms with Crippen molar-refractivity contribution in [2.24, 2.45) is 5.92 Å². The van der Waals surface area contributed by atoms with E-state index in [1.807, 2.05) is 25.1 Å². The molecular weight excluding hydrogens is 322 g/mol. The largest absolute Gasteiger partial charge is 0.493 e. The van der Waals surface area contributed by atoms with Crippen molar-refractivity contribution in [1.82, 2.24) is 5.32 Å². The highest BCUT2D eigenvalue weighted by molar-refractivity contribution is 5.82. The van der Waals surface area contributed by atoms with Crippen LogP contribution in [0.15, 0.2) is 18.2 Å². The van der Waals surface area contributed by atoms with Gasteiger partial charge in [-0.25, -0.2) is 4.79 Å². The lowest BCUT2D eigenvalue weighted by atomic mass is 10.1. The fourth-order valence-electron chi connectivity index (χ4n) is 2.65. The van der Waals surface area contributed by atoms with Crippen molar-refractivity contribution in [1.29, 1.82) is 0 Å². The van der Waals surface area contributed by atoms with Crippen molar-refractivity contribution < 1.29 is 24.2 Å². The molecule has 2 N–H and O–H groups in total. The average molecular weight is 349 g/mol. The molecule has 1 aliphatic heterocycles. The Balaban J connectivity index is 1.91. The van der Waals surface area contributed by atoms with Crippen LogP contribution in [0, 0.1) is 12.8 Å². The fourth-order valence-corrected chi connectivity index (χ4v) is 2.65. The van der Waals surface area contributed by atoms with Crippen molar-refractivity contribution in [2.75, 3.05) is 6.61 Å². The van der Waals surface area contributed by atoms with Gasteiger partial charge >= 0.3 is 5.97 Å². The van der Waals surface area contributed by atoms with Gasteiger partial charge in [-0.1, -0.05) is 26.0 Å². The number of carboxylic acid groups (broad SMARTS) is 1. The molecule has 0 radical (unpaired) electrons.